The van der Waals surface area contributed by atoms with E-state index in [4.69, 9.17) is 9.84 Å². The minimum Gasteiger partial charge on any atom is -0.460 e. The zero-order valence-electron chi connectivity index (χ0n) is 15.5. The number of carbonyl (C=O) groups is 1. The van der Waals surface area contributed by atoms with Crippen LogP contribution in [0, 0.1) is 40.5 Å². The number of aliphatic hydroxyl groups excluding tert-OH is 1. The first-order valence-electron chi connectivity index (χ1n) is 8.35. The lowest BCUT2D eigenvalue weighted by Crippen LogP contribution is -2.15. The summed E-state index contributed by atoms with van der Waals surface area (Å²) in [4.78, 5) is 12.3. The number of hydrogen-bond donors (Lipinski definition) is 1. The maximum absolute atomic E-state index is 14.1. The molecule has 0 amide bonds. The Bertz CT molecular complexity index is 744. The third-order valence-electron chi connectivity index (χ3n) is 4.97. The lowest BCUT2D eigenvalue weighted by Gasteiger charge is -2.12. The van der Waals surface area contributed by atoms with E-state index in [1.54, 1.807) is 13.0 Å². The Morgan fingerprint density at radius 1 is 1.07 bits per heavy atom. The summed E-state index contributed by atoms with van der Waals surface area (Å²) in [5.41, 5.74) is -1.63. The van der Waals surface area contributed by atoms with Gasteiger partial charge in [0.15, 0.2) is 23.3 Å². The molecule has 2 unspecified atom stereocenters. The minimum absolute atomic E-state index is 0.156. The van der Waals surface area contributed by atoms with Gasteiger partial charge in [0.05, 0.1) is 30.3 Å². The number of rotatable bonds is 7. The van der Waals surface area contributed by atoms with Gasteiger partial charge in [-0.2, -0.15) is 0 Å². The van der Waals surface area contributed by atoms with Crippen molar-refractivity contribution in [1.82, 2.24) is 0 Å². The Labute approximate surface area is 154 Å². The second-order valence-corrected chi connectivity index (χ2v) is 7.25. The van der Waals surface area contributed by atoms with Crippen molar-refractivity contribution < 1.29 is 36.9 Å². The molecule has 1 aliphatic rings. The highest BCUT2D eigenvalue weighted by atomic mass is 19.2. The fourth-order valence-electron chi connectivity index (χ4n) is 3.15. The monoisotopic (exact) mass is 390 g/mol. The van der Waals surface area contributed by atoms with Gasteiger partial charge in [0.1, 0.15) is 6.61 Å². The van der Waals surface area contributed by atoms with Crippen molar-refractivity contribution >= 4 is 5.97 Å². The van der Waals surface area contributed by atoms with Gasteiger partial charge >= 0.3 is 5.97 Å². The van der Waals surface area contributed by atoms with Gasteiger partial charge in [-0.05, 0) is 18.3 Å². The summed E-state index contributed by atoms with van der Waals surface area (Å²) >= 11 is 0. The first kappa shape index (κ1) is 21.4. The van der Waals surface area contributed by atoms with Crippen molar-refractivity contribution in [1.29, 1.82) is 0 Å². The molecule has 2 atom stereocenters. The topological polar surface area (TPSA) is 55.8 Å². The van der Waals surface area contributed by atoms with Crippen LogP contribution in [-0.2, 0) is 27.5 Å². The number of benzene rings is 1. The van der Waals surface area contributed by atoms with Crippen LogP contribution in [0.1, 0.15) is 31.9 Å². The van der Waals surface area contributed by atoms with Crippen molar-refractivity contribution in [2.45, 2.75) is 34.0 Å². The summed E-state index contributed by atoms with van der Waals surface area (Å²) in [7, 11) is 1.13. The number of allylic oxidation sites excluding steroid dienone is 1. The standard InChI is InChI=1S/C19H22F4O4/c1-9(6-24)5-12-13(19(12,2)3)18(25)27-8-11-16(22)14(20)10(7-26-4)15(21)17(11)23/h5,12-13,24H,6-8H2,1-4H3. The molecule has 2 rings (SSSR count). The molecule has 0 aromatic heterocycles. The van der Waals surface area contributed by atoms with Crippen molar-refractivity contribution in [2.24, 2.45) is 17.3 Å². The van der Waals surface area contributed by atoms with E-state index >= 15 is 0 Å². The Morgan fingerprint density at radius 3 is 2.00 bits per heavy atom. The van der Waals surface area contributed by atoms with Gasteiger partial charge < -0.3 is 14.6 Å². The molecule has 0 radical (unpaired) electrons. The molecule has 1 fully saturated rings. The molecule has 0 heterocycles. The van der Waals surface area contributed by atoms with Crippen LogP contribution >= 0.6 is 0 Å². The van der Waals surface area contributed by atoms with Crippen LogP contribution in [0.25, 0.3) is 0 Å². The van der Waals surface area contributed by atoms with Crippen molar-refractivity contribution in [2.75, 3.05) is 13.7 Å². The largest absolute Gasteiger partial charge is 0.460 e. The maximum Gasteiger partial charge on any atom is 0.310 e. The highest BCUT2D eigenvalue weighted by Crippen LogP contribution is 2.59. The van der Waals surface area contributed by atoms with Crippen LogP contribution in [-0.4, -0.2) is 24.8 Å². The van der Waals surface area contributed by atoms with Crippen LogP contribution in [0.5, 0.6) is 0 Å². The molecule has 0 bridgehead atoms. The summed E-state index contributed by atoms with van der Waals surface area (Å²) in [6.07, 6.45) is 1.74. The van der Waals surface area contributed by atoms with E-state index in [9.17, 15) is 22.4 Å². The molecule has 1 saturated carbocycles. The number of methoxy groups -OCH3 is 1. The lowest BCUT2D eigenvalue weighted by molar-refractivity contribution is -0.147. The van der Waals surface area contributed by atoms with E-state index in [-0.39, 0.29) is 12.5 Å². The molecule has 0 spiro atoms. The number of aliphatic hydroxyl groups is 1. The predicted octanol–water partition coefficient (Wildman–Crippen LogP) is 3.64. The van der Waals surface area contributed by atoms with E-state index in [0.29, 0.717) is 5.57 Å². The highest BCUT2D eigenvalue weighted by Gasteiger charge is 2.61. The van der Waals surface area contributed by atoms with Gasteiger partial charge in [0, 0.05) is 7.11 Å². The Hall–Kier alpha value is -1.93. The molecular formula is C19H22F4O4. The van der Waals surface area contributed by atoms with Gasteiger partial charge in [-0.3, -0.25) is 4.79 Å². The Balaban J connectivity index is 2.17. The van der Waals surface area contributed by atoms with Gasteiger partial charge in [0.25, 0.3) is 0 Å². The zero-order chi connectivity index (χ0) is 20.5. The number of esters is 1. The molecule has 1 N–H and O–H groups in total. The molecule has 1 aromatic rings. The van der Waals surface area contributed by atoms with Gasteiger partial charge in [-0.15, -0.1) is 0 Å². The summed E-state index contributed by atoms with van der Waals surface area (Å²) in [5, 5.41) is 9.08. The molecule has 27 heavy (non-hydrogen) atoms. The number of hydrogen-bond acceptors (Lipinski definition) is 4. The molecule has 150 valence electrons. The van der Waals surface area contributed by atoms with E-state index in [0.717, 1.165) is 7.11 Å². The average molecular weight is 390 g/mol. The SMILES string of the molecule is COCc1c(F)c(F)c(COC(=O)C2C(C=C(C)CO)C2(C)C)c(F)c1F. The normalized spacial score (nSPS) is 21.3. The average Bonchev–Trinajstić information content (AvgIpc) is 3.16. The van der Waals surface area contributed by atoms with E-state index < -0.39 is 64.9 Å². The van der Waals surface area contributed by atoms with Crippen LogP contribution in [0.4, 0.5) is 17.6 Å². The Kier molecular flexibility index (Phi) is 6.32. The van der Waals surface area contributed by atoms with Gasteiger partial charge in [0.2, 0.25) is 0 Å². The molecule has 1 aliphatic carbocycles. The maximum atomic E-state index is 14.1. The van der Waals surface area contributed by atoms with Crippen LogP contribution in [0.3, 0.4) is 0 Å². The predicted molar refractivity (Wildman–Crippen MR) is 88.4 cm³/mol. The van der Waals surface area contributed by atoms with Gasteiger partial charge in [-0.25, -0.2) is 17.6 Å². The third kappa shape index (κ3) is 4.01. The summed E-state index contributed by atoms with van der Waals surface area (Å²) in [6, 6.07) is 0. The summed E-state index contributed by atoms with van der Waals surface area (Å²) < 4.78 is 65.4. The number of halogens is 4. The molecule has 0 aliphatic heterocycles. The fourth-order valence-corrected chi connectivity index (χ4v) is 3.15. The smallest absolute Gasteiger partial charge is 0.310 e. The van der Waals surface area contributed by atoms with E-state index in [1.165, 1.54) is 0 Å². The number of ether oxygens (including phenoxy) is 2. The van der Waals surface area contributed by atoms with Crippen LogP contribution in [0.15, 0.2) is 11.6 Å². The summed E-state index contributed by atoms with van der Waals surface area (Å²) in [6.45, 7) is 3.60. The summed E-state index contributed by atoms with van der Waals surface area (Å²) in [5.74, 6) is -7.89. The lowest BCUT2D eigenvalue weighted by atomic mass is 10.1. The molecule has 1 aromatic carbocycles. The third-order valence-corrected chi connectivity index (χ3v) is 4.97. The van der Waals surface area contributed by atoms with E-state index in [2.05, 4.69) is 4.74 Å². The van der Waals surface area contributed by atoms with Crippen LogP contribution < -0.4 is 0 Å². The van der Waals surface area contributed by atoms with Crippen molar-refractivity contribution in [3.8, 4) is 0 Å². The van der Waals surface area contributed by atoms with E-state index in [1.807, 2.05) is 13.8 Å². The van der Waals surface area contributed by atoms with Crippen LogP contribution in [0.2, 0.25) is 0 Å². The van der Waals surface area contributed by atoms with Crippen molar-refractivity contribution in [3.63, 3.8) is 0 Å². The van der Waals surface area contributed by atoms with Gasteiger partial charge in [-0.1, -0.05) is 25.5 Å². The Morgan fingerprint density at radius 2 is 1.56 bits per heavy atom. The molecule has 8 heteroatoms. The van der Waals surface area contributed by atoms with Crippen molar-refractivity contribution in [3.05, 3.63) is 46.0 Å². The number of carbonyl (C=O) groups excluding carboxylic acids is 1. The molecule has 0 saturated heterocycles. The first-order valence-corrected chi connectivity index (χ1v) is 8.35. The first-order chi connectivity index (χ1) is 12.6. The quantitative estimate of drug-likeness (QED) is 0.334. The minimum atomic E-state index is -1.61. The highest BCUT2D eigenvalue weighted by molar-refractivity contribution is 5.78. The second-order valence-electron chi connectivity index (χ2n) is 7.25. The molecule has 4 nitrogen and oxygen atoms in total. The fraction of sp³-hybridized carbons (Fsp3) is 0.526. The zero-order valence-corrected chi connectivity index (χ0v) is 15.5. The molecular weight excluding hydrogens is 368 g/mol. The second kappa shape index (κ2) is 7.98.